The zero-order chi connectivity index (χ0) is 14.5. The topological polar surface area (TPSA) is 63.6 Å². The van der Waals surface area contributed by atoms with E-state index in [0.29, 0.717) is 13.0 Å². The van der Waals surface area contributed by atoms with Crippen molar-refractivity contribution in [3.05, 3.63) is 35.9 Å². The fourth-order valence-corrected chi connectivity index (χ4v) is 2.41. The largest absolute Gasteiger partial charge is 0.494 e. The fraction of sp³-hybridized carbons (Fsp3) is 0.375. The van der Waals surface area contributed by atoms with E-state index in [0.717, 1.165) is 23.3 Å². The average molecular weight is 274 g/mol. The monoisotopic (exact) mass is 274 g/mol. The summed E-state index contributed by atoms with van der Waals surface area (Å²) < 4.78 is 5.38. The predicted octanol–water partition coefficient (Wildman–Crippen LogP) is 2.92. The Bertz CT molecular complexity index is 528. The highest BCUT2D eigenvalue weighted by Crippen LogP contribution is 2.30. The van der Waals surface area contributed by atoms with E-state index < -0.39 is 5.97 Å². The normalized spacial score (nSPS) is 18.6. The molecule has 0 heterocycles. The van der Waals surface area contributed by atoms with Crippen LogP contribution in [0.3, 0.4) is 0 Å². The van der Waals surface area contributed by atoms with Crippen molar-refractivity contribution < 1.29 is 19.4 Å². The van der Waals surface area contributed by atoms with Gasteiger partial charge in [-0.25, -0.2) is 0 Å². The van der Waals surface area contributed by atoms with Crippen molar-refractivity contribution in [1.82, 2.24) is 0 Å². The molecule has 4 nitrogen and oxygen atoms in total. The van der Waals surface area contributed by atoms with E-state index >= 15 is 0 Å². The van der Waals surface area contributed by atoms with Crippen molar-refractivity contribution in [2.24, 2.45) is 5.92 Å². The van der Waals surface area contributed by atoms with E-state index in [1.165, 1.54) is 0 Å². The summed E-state index contributed by atoms with van der Waals surface area (Å²) >= 11 is 0. The highest BCUT2D eigenvalue weighted by molar-refractivity contribution is 6.01. The van der Waals surface area contributed by atoms with Crippen LogP contribution in [0, 0.1) is 5.92 Å². The number of rotatable bonds is 5. The predicted molar refractivity (Wildman–Crippen MR) is 75.6 cm³/mol. The van der Waals surface area contributed by atoms with Gasteiger partial charge in [-0.15, -0.1) is 0 Å². The quantitative estimate of drug-likeness (QED) is 0.896. The first kappa shape index (κ1) is 14.3. The minimum Gasteiger partial charge on any atom is -0.494 e. The molecule has 20 heavy (non-hydrogen) atoms. The standard InChI is InChI=1S/C16H18O4/c1-2-20-14-7-5-11(6-8-14)12-3-4-13(10-16(18)19)15(17)9-12/h5-9,13H,2-4,10H2,1H3,(H,18,19)/t13-/m0/s1. The SMILES string of the molecule is CCOc1ccc(C2=CC(=O)[C@H](CC(=O)O)CC2)cc1. The van der Waals surface area contributed by atoms with Crippen LogP contribution in [-0.4, -0.2) is 23.5 Å². The highest BCUT2D eigenvalue weighted by atomic mass is 16.5. The molecule has 1 N–H and O–H groups in total. The molecule has 0 fully saturated rings. The first-order valence-electron chi connectivity index (χ1n) is 6.79. The number of ketones is 1. The molecule has 1 aromatic rings. The number of carbonyl (C=O) groups is 2. The van der Waals surface area contributed by atoms with Gasteiger partial charge in [0, 0.05) is 5.92 Å². The van der Waals surface area contributed by atoms with Crippen LogP contribution in [0.4, 0.5) is 0 Å². The van der Waals surface area contributed by atoms with Crippen molar-refractivity contribution >= 4 is 17.3 Å². The molecule has 0 saturated heterocycles. The average Bonchev–Trinajstić information content (AvgIpc) is 2.42. The Labute approximate surface area is 118 Å². The minimum atomic E-state index is -0.915. The van der Waals surface area contributed by atoms with Crippen LogP contribution in [0.1, 0.15) is 31.7 Å². The zero-order valence-electron chi connectivity index (χ0n) is 11.5. The van der Waals surface area contributed by atoms with Gasteiger partial charge in [0.15, 0.2) is 5.78 Å². The molecular weight excluding hydrogens is 256 g/mol. The second kappa shape index (κ2) is 6.37. The van der Waals surface area contributed by atoms with E-state index in [-0.39, 0.29) is 18.1 Å². The number of hydrogen-bond acceptors (Lipinski definition) is 3. The lowest BCUT2D eigenvalue weighted by molar-refractivity contribution is -0.140. The number of benzene rings is 1. The summed E-state index contributed by atoms with van der Waals surface area (Å²) in [6, 6.07) is 7.63. The van der Waals surface area contributed by atoms with Crippen LogP contribution in [0.5, 0.6) is 5.75 Å². The molecule has 0 bridgehead atoms. The van der Waals surface area contributed by atoms with E-state index in [1.54, 1.807) is 6.08 Å². The highest BCUT2D eigenvalue weighted by Gasteiger charge is 2.25. The summed E-state index contributed by atoms with van der Waals surface area (Å²) in [5.74, 6) is -0.564. The molecule has 106 valence electrons. The smallest absolute Gasteiger partial charge is 0.304 e. The van der Waals surface area contributed by atoms with Crippen molar-refractivity contribution in [3.8, 4) is 5.75 Å². The lowest BCUT2D eigenvalue weighted by Gasteiger charge is -2.19. The number of ether oxygens (including phenoxy) is 1. The second-order valence-corrected chi connectivity index (χ2v) is 4.86. The van der Waals surface area contributed by atoms with Crippen LogP contribution in [0.25, 0.3) is 5.57 Å². The Morgan fingerprint density at radius 1 is 1.35 bits per heavy atom. The van der Waals surface area contributed by atoms with Crippen molar-refractivity contribution in [3.63, 3.8) is 0 Å². The molecule has 1 aliphatic rings. The third kappa shape index (κ3) is 3.47. The van der Waals surface area contributed by atoms with Gasteiger partial charge >= 0.3 is 5.97 Å². The maximum Gasteiger partial charge on any atom is 0.304 e. The Morgan fingerprint density at radius 3 is 2.60 bits per heavy atom. The molecule has 0 aliphatic heterocycles. The van der Waals surface area contributed by atoms with Gasteiger partial charge < -0.3 is 9.84 Å². The van der Waals surface area contributed by atoms with Gasteiger partial charge in [0.25, 0.3) is 0 Å². The first-order chi connectivity index (χ1) is 9.60. The third-order valence-corrected chi connectivity index (χ3v) is 3.44. The molecule has 1 aromatic carbocycles. The minimum absolute atomic E-state index is 0.0775. The molecule has 0 saturated carbocycles. The summed E-state index contributed by atoms with van der Waals surface area (Å²) in [7, 11) is 0. The van der Waals surface area contributed by atoms with Crippen molar-refractivity contribution in [2.45, 2.75) is 26.2 Å². The van der Waals surface area contributed by atoms with Gasteiger partial charge in [-0.2, -0.15) is 0 Å². The van der Waals surface area contributed by atoms with Crippen LogP contribution < -0.4 is 4.74 Å². The van der Waals surface area contributed by atoms with Gasteiger partial charge in [-0.1, -0.05) is 12.1 Å². The van der Waals surface area contributed by atoms with E-state index in [9.17, 15) is 9.59 Å². The Balaban J connectivity index is 2.10. The lowest BCUT2D eigenvalue weighted by atomic mass is 9.84. The van der Waals surface area contributed by atoms with Crippen molar-refractivity contribution in [1.29, 1.82) is 0 Å². The molecule has 0 amide bonds. The summed E-state index contributed by atoms with van der Waals surface area (Å²) in [5.41, 5.74) is 1.97. The molecule has 0 unspecified atom stereocenters. The van der Waals surface area contributed by atoms with E-state index in [1.807, 2.05) is 31.2 Å². The molecule has 0 aromatic heterocycles. The Hall–Kier alpha value is -2.10. The van der Waals surface area contributed by atoms with Crippen molar-refractivity contribution in [2.75, 3.05) is 6.61 Å². The third-order valence-electron chi connectivity index (χ3n) is 3.44. The second-order valence-electron chi connectivity index (χ2n) is 4.86. The molecule has 2 rings (SSSR count). The molecule has 1 aliphatic carbocycles. The van der Waals surface area contributed by atoms with Gasteiger partial charge in [-0.3, -0.25) is 9.59 Å². The Morgan fingerprint density at radius 2 is 2.05 bits per heavy atom. The number of hydrogen-bond donors (Lipinski definition) is 1. The number of carbonyl (C=O) groups excluding carboxylic acids is 1. The maximum absolute atomic E-state index is 11.9. The molecule has 1 atom stereocenters. The number of allylic oxidation sites excluding steroid dienone is 2. The molecule has 0 spiro atoms. The van der Waals surface area contributed by atoms with Crippen LogP contribution in [0.2, 0.25) is 0 Å². The number of carboxylic acids is 1. The summed E-state index contributed by atoms with van der Waals surface area (Å²) in [6.07, 6.45) is 2.85. The number of carboxylic acid groups (broad SMARTS) is 1. The van der Waals surface area contributed by atoms with Gasteiger partial charge in [0.2, 0.25) is 0 Å². The summed E-state index contributed by atoms with van der Waals surface area (Å²) in [4.78, 5) is 22.6. The maximum atomic E-state index is 11.9. The van der Waals surface area contributed by atoms with Gasteiger partial charge in [0.1, 0.15) is 5.75 Å². The fourth-order valence-electron chi connectivity index (χ4n) is 2.41. The van der Waals surface area contributed by atoms with Crippen LogP contribution in [-0.2, 0) is 9.59 Å². The Kier molecular flexibility index (Phi) is 4.56. The summed E-state index contributed by atoms with van der Waals surface area (Å²) in [5, 5.41) is 8.76. The zero-order valence-corrected chi connectivity index (χ0v) is 11.5. The first-order valence-corrected chi connectivity index (χ1v) is 6.79. The van der Waals surface area contributed by atoms with Crippen LogP contribution >= 0.6 is 0 Å². The van der Waals surface area contributed by atoms with E-state index in [2.05, 4.69) is 0 Å². The van der Waals surface area contributed by atoms with E-state index in [4.69, 9.17) is 9.84 Å². The molecule has 0 radical (unpaired) electrons. The number of aliphatic carboxylic acids is 1. The van der Waals surface area contributed by atoms with Gasteiger partial charge in [0.05, 0.1) is 13.0 Å². The molecular formula is C16H18O4. The molecule has 4 heteroatoms. The van der Waals surface area contributed by atoms with Gasteiger partial charge in [-0.05, 0) is 49.1 Å². The summed E-state index contributed by atoms with van der Waals surface area (Å²) in [6.45, 7) is 2.55. The lowest BCUT2D eigenvalue weighted by Crippen LogP contribution is -2.20. The van der Waals surface area contributed by atoms with Crippen LogP contribution in [0.15, 0.2) is 30.3 Å².